The Bertz CT molecular complexity index is 1040. The fourth-order valence-corrected chi connectivity index (χ4v) is 5.55. The molecule has 1 fully saturated rings. The van der Waals surface area contributed by atoms with Gasteiger partial charge in [-0.25, -0.2) is 9.59 Å². The molecule has 6 nitrogen and oxygen atoms in total. The number of halogens is 2. The molecule has 10 heteroatoms. The molecule has 1 aliphatic rings. The summed E-state index contributed by atoms with van der Waals surface area (Å²) in [5.41, 5.74) is -0.297. The van der Waals surface area contributed by atoms with Crippen LogP contribution in [0, 0.1) is 5.92 Å². The molecule has 0 aliphatic carbocycles. The largest absolute Gasteiger partial charge is 0.447 e. The third-order valence-corrected chi connectivity index (χ3v) is 7.29. The van der Waals surface area contributed by atoms with Crippen LogP contribution in [0.1, 0.15) is 40.8 Å². The number of thioether (sulfide) groups is 1. The van der Waals surface area contributed by atoms with Crippen molar-refractivity contribution in [1.82, 2.24) is 14.2 Å². The van der Waals surface area contributed by atoms with Crippen LogP contribution < -0.4 is 11.4 Å². The van der Waals surface area contributed by atoms with Crippen LogP contribution >= 0.6 is 47.2 Å². The first-order valence-electron chi connectivity index (χ1n) is 8.77. The maximum atomic E-state index is 13.2. The van der Waals surface area contributed by atoms with E-state index in [4.69, 9.17) is 39.9 Å². The average molecular weight is 462 g/mol. The zero-order chi connectivity index (χ0) is 21.0. The van der Waals surface area contributed by atoms with Crippen molar-refractivity contribution in [2.24, 2.45) is 5.92 Å². The zero-order valence-corrected chi connectivity index (χ0v) is 19.2. The van der Waals surface area contributed by atoms with Crippen LogP contribution in [0.2, 0.25) is 10.0 Å². The second-order valence-corrected chi connectivity index (χ2v) is 10.7. The fourth-order valence-electron chi connectivity index (χ4n) is 3.21. The van der Waals surface area contributed by atoms with E-state index < -0.39 is 22.4 Å². The first-order valence-corrected chi connectivity index (χ1v) is 10.8. The van der Waals surface area contributed by atoms with Crippen molar-refractivity contribution in [3.05, 3.63) is 49.3 Å². The standard InChI is InChI=1S/C18H21Cl2N3O3S2/c1-9(2)10(3)21-14(18(4,5)28-17(21)27)23-15(24)22(16(25)26-23)11-6-7-12(19)13(20)8-11/h6-10,14H,1-5H3/t10-,14+/m1/s1. The Hall–Kier alpha value is -1.22. The van der Waals surface area contributed by atoms with Gasteiger partial charge in [0.25, 0.3) is 0 Å². The molecule has 1 aromatic carbocycles. The van der Waals surface area contributed by atoms with E-state index in [0.29, 0.717) is 15.0 Å². The highest BCUT2D eigenvalue weighted by Crippen LogP contribution is 2.48. The monoisotopic (exact) mass is 461 g/mol. The maximum absolute atomic E-state index is 13.2. The van der Waals surface area contributed by atoms with Crippen molar-refractivity contribution in [3.63, 3.8) is 0 Å². The molecule has 1 aromatic heterocycles. The zero-order valence-electron chi connectivity index (χ0n) is 16.1. The van der Waals surface area contributed by atoms with Gasteiger partial charge >= 0.3 is 11.4 Å². The minimum absolute atomic E-state index is 0.0531. The van der Waals surface area contributed by atoms with Crippen LogP contribution in [0.5, 0.6) is 0 Å². The van der Waals surface area contributed by atoms with Gasteiger partial charge in [0.05, 0.1) is 20.5 Å². The molecule has 0 N–H and O–H groups in total. The average Bonchev–Trinajstić information content (AvgIpc) is 3.00. The first kappa shape index (κ1) is 21.5. The number of hydrogen-bond donors (Lipinski definition) is 0. The molecule has 0 saturated carbocycles. The lowest BCUT2D eigenvalue weighted by molar-refractivity contribution is 0.0586. The Kier molecular flexibility index (Phi) is 5.80. The number of aromatic nitrogens is 2. The second-order valence-electron chi connectivity index (χ2n) is 7.64. The van der Waals surface area contributed by atoms with E-state index in [1.54, 1.807) is 6.07 Å². The molecule has 2 atom stereocenters. The normalized spacial score (nSPS) is 20.2. The van der Waals surface area contributed by atoms with Gasteiger partial charge in [-0.05, 0) is 44.9 Å². The Morgan fingerprint density at radius 1 is 1.18 bits per heavy atom. The van der Waals surface area contributed by atoms with Crippen LogP contribution in [0.3, 0.4) is 0 Å². The van der Waals surface area contributed by atoms with Crippen LogP contribution in [-0.4, -0.2) is 29.3 Å². The van der Waals surface area contributed by atoms with Gasteiger partial charge in [0.15, 0.2) is 6.17 Å². The lowest BCUT2D eigenvalue weighted by Gasteiger charge is -2.36. The maximum Gasteiger partial charge on any atom is 0.447 e. The summed E-state index contributed by atoms with van der Waals surface area (Å²) < 4.78 is 7.69. The molecule has 1 aliphatic heterocycles. The van der Waals surface area contributed by atoms with E-state index in [-0.39, 0.29) is 17.0 Å². The SMILES string of the molecule is CC(C)[C@@H](C)N1C(=S)SC(C)(C)[C@@H]1n1oc(=O)n(-c2ccc(Cl)c(Cl)c2)c1=O. The van der Waals surface area contributed by atoms with Crippen LogP contribution in [0.25, 0.3) is 5.69 Å². The van der Waals surface area contributed by atoms with Gasteiger partial charge in [0.1, 0.15) is 4.32 Å². The molecule has 28 heavy (non-hydrogen) atoms. The van der Waals surface area contributed by atoms with Crippen molar-refractivity contribution in [2.45, 2.75) is 51.6 Å². The number of thiocarbonyl (C=S) groups is 1. The molecule has 3 rings (SSSR count). The van der Waals surface area contributed by atoms with Crippen molar-refractivity contribution in [3.8, 4) is 5.69 Å². The summed E-state index contributed by atoms with van der Waals surface area (Å²) in [6.45, 7) is 10.2. The van der Waals surface area contributed by atoms with Crippen molar-refractivity contribution >= 4 is 51.5 Å². The minimum atomic E-state index is -0.792. The van der Waals surface area contributed by atoms with Gasteiger partial charge in [0, 0.05) is 6.04 Å². The van der Waals surface area contributed by atoms with Gasteiger partial charge in [-0.15, -0.1) is 4.74 Å². The molecular formula is C18H21Cl2N3O3S2. The summed E-state index contributed by atoms with van der Waals surface area (Å²) in [4.78, 5) is 27.7. The Labute approximate surface area is 182 Å². The molecule has 152 valence electrons. The number of rotatable bonds is 4. The third-order valence-electron chi connectivity index (χ3n) is 4.97. The predicted molar refractivity (Wildman–Crippen MR) is 118 cm³/mol. The summed E-state index contributed by atoms with van der Waals surface area (Å²) in [6, 6.07) is 4.59. The van der Waals surface area contributed by atoms with Gasteiger partial charge < -0.3 is 9.42 Å². The third kappa shape index (κ3) is 3.56. The number of benzene rings is 1. The van der Waals surface area contributed by atoms with E-state index in [1.807, 2.05) is 25.7 Å². The van der Waals surface area contributed by atoms with Crippen molar-refractivity contribution < 1.29 is 4.52 Å². The summed E-state index contributed by atoms with van der Waals surface area (Å²) in [7, 11) is 0. The second kappa shape index (κ2) is 7.55. The topological polar surface area (TPSA) is 60.4 Å². The highest BCUT2D eigenvalue weighted by Gasteiger charge is 2.50. The van der Waals surface area contributed by atoms with E-state index in [0.717, 1.165) is 9.31 Å². The Morgan fingerprint density at radius 2 is 1.82 bits per heavy atom. The van der Waals surface area contributed by atoms with E-state index in [1.165, 1.54) is 23.9 Å². The van der Waals surface area contributed by atoms with Gasteiger partial charge in [-0.3, -0.25) is 0 Å². The van der Waals surface area contributed by atoms with Crippen LogP contribution in [0.4, 0.5) is 0 Å². The highest BCUT2D eigenvalue weighted by atomic mass is 35.5. The number of nitrogens with zero attached hydrogens (tertiary/aromatic N) is 3. The van der Waals surface area contributed by atoms with Crippen LogP contribution in [-0.2, 0) is 0 Å². The van der Waals surface area contributed by atoms with Gasteiger partial charge in [0.2, 0.25) is 0 Å². The molecule has 0 radical (unpaired) electrons. The van der Waals surface area contributed by atoms with E-state index in [2.05, 4.69) is 13.8 Å². The molecule has 2 aromatic rings. The summed E-state index contributed by atoms with van der Waals surface area (Å²) in [6.07, 6.45) is -0.536. The summed E-state index contributed by atoms with van der Waals surface area (Å²) in [5.74, 6) is -0.506. The molecule has 0 amide bonds. The van der Waals surface area contributed by atoms with Gasteiger partial charge in [-0.2, -0.15) is 4.57 Å². The molecule has 1 saturated heterocycles. The lowest BCUT2D eigenvalue weighted by Crippen LogP contribution is -2.47. The number of hydrogen-bond acceptors (Lipinski definition) is 5. The van der Waals surface area contributed by atoms with Crippen molar-refractivity contribution in [2.75, 3.05) is 0 Å². The lowest BCUT2D eigenvalue weighted by atomic mass is 10.0. The quantitative estimate of drug-likeness (QED) is 0.622. The van der Waals surface area contributed by atoms with Crippen molar-refractivity contribution in [1.29, 1.82) is 0 Å². The smallest absolute Gasteiger partial charge is 0.330 e. The summed E-state index contributed by atoms with van der Waals surface area (Å²) in [5, 5.41) is 0.573. The summed E-state index contributed by atoms with van der Waals surface area (Å²) >= 11 is 19.1. The molecule has 0 unspecified atom stereocenters. The fraction of sp³-hybridized carbons (Fsp3) is 0.500. The Morgan fingerprint density at radius 3 is 2.39 bits per heavy atom. The predicted octanol–water partition coefficient (Wildman–Crippen LogP) is 4.55. The first-order chi connectivity index (χ1) is 13.0. The Balaban J connectivity index is 2.18. The minimum Gasteiger partial charge on any atom is -0.330 e. The molecular weight excluding hydrogens is 441 g/mol. The van der Waals surface area contributed by atoms with E-state index in [9.17, 15) is 9.59 Å². The van der Waals surface area contributed by atoms with E-state index >= 15 is 0 Å². The molecule has 0 bridgehead atoms. The van der Waals surface area contributed by atoms with Crippen LogP contribution in [0.15, 0.2) is 32.3 Å². The van der Waals surface area contributed by atoms with Gasteiger partial charge in [-0.1, -0.05) is 61.0 Å². The molecule has 2 heterocycles. The molecule has 0 spiro atoms. The highest BCUT2D eigenvalue weighted by molar-refractivity contribution is 8.24.